The van der Waals surface area contributed by atoms with E-state index in [9.17, 15) is 0 Å². The number of anilines is 2. The van der Waals surface area contributed by atoms with E-state index in [0.29, 0.717) is 18.9 Å². The van der Waals surface area contributed by atoms with Crippen molar-refractivity contribution in [3.05, 3.63) is 30.6 Å². The number of aliphatic hydroxyl groups excluding tert-OH is 1. The lowest BCUT2D eigenvalue weighted by Crippen LogP contribution is -2.19. The third-order valence-electron chi connectivity index (χ3n) is 3.84. The van der Waals surface area contributed by atoms with Gasteiger partial charge >= 0.3 is 0 Å². The maximum Gasteiger partial charge on any atom is 0.225 e. The largest absolute Gasteiger partial charge is 0.396 e. The molecular formula is C17H23N5O2. The number of ether oxygens (including phenoxy) is 1. The molecule has 24 heavy (non-hydrogen) atoms. The standard InChI is InChI=1S/C17H23N5O2/c23-8-3-7-19-17-21-15(13-4-1-6-18-11-13)10-16(22-17)20-12-14-5-2-9-24-14/h1,4,6,10-11,14,23H,2-3,5,7-9,12H2,(H2,19,20,21,22)/t14-/m0/s1. The number of nitrogens with zero attached hydrogens (tertiary/aromatic N) is 3. The van der Waals surface area contributed by atoms with Crippen LogP contribution in [0.4, 0.5) is 11.8 Å². The van der Waals surface area contributed by atoms with Crippen LogP contribution in [0.1, 0.15) is 19.3 Å². The molecule has 7 heteroatoms. The van der Waals surface area contributed by atoms with Crippen LogP contribution in [0.2, 0.25) is 0 Å². The molecule has 1 aliphatic heterocycles. The molecule has 2 aromatic rings. The molecule has 0 amide bonds. The highest BCUT2D eigenvalue weighted by atomic mass is 16.5. The van der Waals surface area contributed by atoms with E-state index in [2.05, 4.69) is 25.6 Å². The second-order valence-corrected chi connectivity index (χ2v) is 5.72. The average molecular weight is 329 g/mol. The molecule has 3 N–H and O–H groups in total. The molecule has 0 radical (unpaired) electrons. The van der Waals surface area contributed by atoms with Gasteiger partial charge < -0.3 is 20.5 Å². The monoisotopic (exact) mass is 329 g/mol. The number of nitrogens with one attached hydrogen (secondary N) is 2. The van der Waals surface area contributed by atoms with E-state index in [4.69, 9.17) is 9.84 Å². The Bertz CT molecular complexity index is 632. The van der Waals surface area contributed by atoms with Crippen molar-refractivity contribution in [2.24, 2.45) is 0 Å². The quantitative estimate of drug-likeness (QED) is 0.637. The van der Waals surface area contributed by atoms with Crippen LogP contribution in [0.25, 0.3) is 11.3 Å². The molecule has 3 rings (SSSR count). The molecule has 3 heterocycles. The highest BCUT2D eigenvalue weighted by molar-refractivity contribution is 5.63. The Labute approximate surface area is 141 Å². The van der Waals surface area contributed by atoms with Crippen LogP contribution in [-0.2, 0) is 4.74 Å². The van der Waals surface area contributed by atoms with E-state index >= 15 is 0 Å². The number of hydrogen-bond donors (Lipinski definition) is 3. The van der Waals surface area contributed by atoms with Crippen LogP contribution in [0.3, 0.4) is 0 Å². The fourth-order valence-electron chi connectivity index (χ4n) is 2.58. The fraction of sp³-hybridized carbons (Fsp3) is 0.471. The van der Waals surface area contributed by atoms with Gasteiger partial charge in [-0.3, -0.25) is 4.98 Å². The van der Waals surface area contributed by atoms with Crippen molar-refractivity contribution in [1.29, 1.82) is 0 Å². The zero-order valence-electron chi connectivity index (χ0n) is 13.6. The first-order chi connectivity index (χ1) is 11.8. The van der Waals surface area contributed by atoms with Gasteiger partial charge in [-0.05, 0) is 31.4 Å². The van der Waals surface area contributed by atoms with E-state index in [0.717, 1.165) is 43.1 Å². The lowest BCUT2D eigenvalue weighted by Gasteiger charge is -2.13. The lowest BCUT2D eigenvalue weighted by atomic mass is 10.2. The summed E-state index contributed by atoms with van der Waals surface area (Å²) >= 11 is 0. The van der Waals surface area contributed by atoms with Crippen LogP contribution in [-0.4, -0.2) is 52.5 Å². The van der Waals surface area contributed by atoms with Crippen molar-refractivity contribution in [3.8, 4) is 11.3 Å². The molecule has 0 spiro atoms. The van der Waals surface area contributed by atoms with Crippen molar-refractivity contribution in [1.82, 2.24) is 15.0 Å². The molecule has 2 aromatic heterocycles. The molecule has 7 nitrogen and oxygen atoms in total. The lowest BCUT2D eigenvalue weighted by molar-refractivity contribution is 0.120. The zero-order valence-corrected chi connectivity index (χ0v) is 13.6. The van der Waals surface area contributed by atoms with Crippen molar-refractivity contribution in [2.45, 2.75) is 25.4 Å². The molecule has 0 unspecified atom stereocenters. The summed E-state index contributed by atoms with van der Waals surface area (Å²) in [6.07, 6.45) is 6.61. The molecule has 1 aliphatic rings. The Balaban J connectivity index is 1.76. The molecular weight excluding hydrogens is 306 g/mol. The molecule has 0 bridgehead atoms. The van der Waals surface area contributed by atoms with Crippen LogP contribution in [0.5, 0.6) is 0 Å². The highest BCUT2D eigenvalue weighted by Crippen LogP contribution is 2.21. The van der Waals surface area contributed by atoms with Gasteiger partial charge in [-0.15, -0.1) is 0 Å². The Kier molecular flexibility index (Phi) is 5.92. The highest BCUT2D eigenvalue weighted by Gasteiger charge is 2.15. The van der Waals surface area contributed by atoms with Gasteiger partial charge in [0.2, 0.25) is 5.95 Å². The predicted molar refractivity (Wildman–Crippen MR) is 92.9 cm³/mol. The third-order valence-corrected chi connectivity index (χ3v) is 3.84. The molecule has 0 saturated carbocycles. The smallest absolute Gasteiger partial charge is 0.225 e. The second-order valence-electron chi connectivity index (χ2n) is 5.72. The Morgan fingerprint density at radius 3 is 3.00 bits per heavy atom. The van der Waals surface area contributed by atoms with Gasteiger partial charge in [0.05, 0.1) is 11.8 Å². The van der Waals surface area contributed by atoms with Crippen molar-refractivity contribution in [3.63, 3.8) is 0 Å². The summed E-state index contributed by atoms with van der Waals surface area (Å²) in [5.74, 6) is 1.30. The maximum absolute atomic E-state index is 8.92. The average Bonchev–Trinajstić information content (AvgIpc) is 3.14. The predicted octanol–water partition coefficient (Wildman–Crippen LogP) is 1.92. The summed E-state index contributed by atoms with van der Waals surface area (Å²) in [6, 6.07) is 5.77. The third kappa shape index (κ3) is 4.62. The van der Waals surface area contributed by atoms with E-state index in [1.807, 2.05) is 18.2 Å². The Morgan fingerprint density at radius 1 is 1.29 bits per heavy atom. The van der Waals surface area contributed by atoms with Crippen LogP contribution < -0.4 is 10.6 Å². The van der Waals surface area contributed by atoms with E-state index in [1.165, 1.54) is 0 Å². The minimum absolute atomic E-state index is 0.138. The van der Waals surface area contributed by atoms with Crippen LogP contribution >= 0.6 is 0 Å². The zero-order chi connectivity index (χ0) is 16.6. The fourth-order valence-corrected chi connectivity index (χ4v) is 2.58. The molecule has 1 saturated heterocycles. The Morgan fingerprint density at radius 2 is 2.25 bits per heavy atom. The number of aliphatic hydroxyl groups is 1. The molecule has 128 valence electrons. The van der Waals surface area contributed by atoms with Gasteiger partial charge in [-0.1, -0.05) is 0 Å². The van der Waals surface area contributed by atoms with Crippen LogP contribution in [0, 0.1) is 0 Å². The summed E-state index contributed by atoms with van der Waals surface area (Å²) < 4.78 is 5.64. The van der Waals surface area contributed by atoms with Gasteiger partial charge in [0.25, 0.3) is 0 Å². The van der Waals surface area contributed by atoms with Gasteiger partial charge in [-0.2, -0.15) is 4.98 Å². The van der Waals surface area contributed by atoms with E-state index < -0.39 is 0 Å². The molecule has 0 aromatic carbocycles. The summed E-state index contributed by atoms with van der Waals surface area (Å²) in [5.41, 5.74) is 1.74. The van der Waals surface area contributed by atoms with Gasteiger partial charge in [0.1, 0.15) is 5.82 Å². The van der Waals surface area contributed by atoms with Crippen LogP contribution in [0.15, 0.2) is 30.6 Å². The minimum Gasteiger partial charge on any atom is -0.396 e. The summed E-state index contributed by atoms with van der Waals surface area (Å²) in [7, 11) is 0. The summed E-state index contributed by atoms with van der Waals surface area (Å²) in [6.45, 7) is 2.34. The maximum atomic E-state index is 8.92. The van der Waals surface area contributed by atoms with E-state index in [1.54, 1.807) is 12.4 Å². The first-order valence-electron chi connectivity index (χ1n) is 8.35. The van der Waals surface area contributed by atoms with E-state index in [-0.39, 0.29) is 12.7 Å². The molecule has 1 fully saturated rings. The number of pyridine rings is 1. The first-order valence-corrected chi connectivity index (χ1v) is 8.35. The second kappa shape index (κ2) is 8.56. The van der Waals surface area contributed by atoms with Crippen molar-refractivity contribution >= 4 is 11.8 Å². The number of aromatic nitrogens is 3. The van der Waals surface area contributed by atoms with Crippen molar-refractivity contribution < 1.29 is 9.84 Å². The van der Waals surface area contributed by atoms with Gasteiger partial charge in [-0.25, -0.2) is 4.98 Å². The normalized spacial score (nSPS) is 17.0. The molecule has 0 aliphatic carbocycles. The van der Waals surface area contributed by atoms with Gasteiger partial charge in [0, 0.05) is 50.3 Å². The van der Waals surface area contributed by atoms with Crippen molar-refractivity contribution in [2.75, 3.05) is 36.9 Å². The Hall–Kier alpha value is -2.25. The SMILES string of the molecule is OCCCNc1nc(NC[C@@H]2CCCO2)cc(-c2cccnc2)n1. The number of rotatable bonds is 8. The topological polar surface area (TPSA) is 92.2 Å². The van der Waals surface area contributed by atoms with Gasteiger partial charge in [0.15, 0.2) is 0 Å². The first kappa shape index (κ1) is 16.6. The summed E-state index contributed by atoms with van der Waals surface area (Å²) in [5, 5.41) is 15.4. The molecule has 1 atom stereocenters. The minimum atomic E-state index is 0.138. The number of hydrogen-bond acceptors (Lipinski definition) is 7. The summed E-state index contributed by atoms with van der Waals surface area (Å²) in [4.78, 5) is 13.2.